The summed E-state index contributed by atoms with van der Waals surface area (Å²) in [4.78, 5) is 0.166. The van der Waals surface area contributed by atoms with Crippen molar-refractivity contribution < 1.29 is 8.42 Å². The van der Waals surface area contributed by atoms with Gasteiger partial charge < -0.3 is 0 Å². The van der Waals surface area contributed by atoms with Gasteiger partial charge in [-0.1, -0.05) is 40.9 Å². The Labute approximate surface area is 120 Å². The van der Waals surface area contributed by atoms with E-state index in [1.165, 1.54) is 0 Å². The van der Waals surface area contributed by atoms with Gasteiger partial charge in [-0.05, 0) is 25.0 Å². The van der Waals surface area contributed by atoms with E-state index in [0.717, 1.165) is 29.7 Å². The zero-order valence-electron chi connectivity index (χ0n) is 9.66. The Balaban J connectivity index is 2.69. The number of sulfonamides is 1. The quantitative estimate of drug-likeness (QED) is 0.789. The maximum atomic E-state index is 11.9. The van der Waals surface area contributed by atoms with Gasteiger partial charge in [0.25, 0.3) is 0 Å². The van der Waals surface area contributed by atoms with Crippen LogP contribution in [0.25, 0.3) is 0 Å². The molecule has 0 aliphatic rings. The van der Waals surface area contributed by atoms with Gasteiger partial charge in [-0.2, -0.15) is 0 Å². The predicted octanol–water partition coefficient (Wildman–Crippen LogP) is 3.55. The number of thiophene rings is 1. The molecule has 1 unspecified atom stereocenters. The first kappa shape index (κ1) is 15.4. The zero-order valence-corrected chi connectivity index (χ0v) is 13.6. The lowest BCUT2D eigenvalue weighted by atomic mass is 10.2. The summed E-state index contributed by atoms with van der Waals surface area (Å²) in [5.74, 6) is 0. The van der Waals surface area contributed by atoms with Crippen molar-refractivity contribution in [3.05, 3.63) is 16.0 Å². The Hall–Kier alpha value is 0.380. The van der Waals surface area contributed by atoms with Crippen molar-refractivity contribution in [3.63, 3.8) is 0 Å². The zero-order chi connectivity index (χ0) is 13.1. The molecule has 17 heavy (non-hydrogen) atoms. The molecule has 0 spiro atoms. The third kappa shape index (κ3) is 4.52. The van der Waals surface area contributed by atoms with E-state index in [9.17, 15) is 8.42 Å². The van der Waals surface area contributed by atoms with Gasteiger partial charge in [-0.3, -0.25) is 0 Å². The molecule has 0 saturated heterocycles. The Kier molecular flexibility index (Phi) is 5.92. The minimum absolute atomic E-state index is 0.166. The van der Waals surface area contributed by atoms with E-state index in [1.54, 1.807) is 13.0 Å². The van der Waals surface area contributed by atoms with E-state index in [2.05, 4.69) is 27.6 Å². The maximum absolute atomic E-state index is 11.9. The van der Waals surface area contributed by atoms with Gasteiger partial charge in [-0.25, -0.2) is 13.1 Å². The molecule has 1 atom stereocenters. The minimum atomic E-state index is -3.42. The monoisotopic (exact) mass is 359 g/mol. The molecule has 7 heteroatoms. The van der Waals surface area contributed by atoms with E-state index in [0.29, 0.717) is 10.9 Å². The summed E-state index contributed by atoms with van der Waals surface area (Å²) in [5.41, 5.74) is 0.793. The lowest BCUT2D eigenvalue weighted by molar-refractivity contribution is 0.580. The second kappa shape index (κ2) is 6.52. The molecule has 1 heterocycles. The van der Waals surface area contributed by atoms with Gasteiger partial charge in [0.05, 0.1) is 4.34 Å². The van der Waals surface area contributed by atoms with Gasteiger partial charge in [-0.15, -0.1) is 11.3 Å². The van der Waals surface area contributed by atoms with Gasteiger partial charge in [0.15, 0.2) is 0 Å². The molecule has 0 saturated carbocycles. The summed E-state index contributed by atoms with van der Waals surface area (Å²) in [5, 5.41) is 0. The fraction of sp³-hybridized carbons (Fsp3) is 0.600. The number of alkyl halides is 1. The van der Waals surface area contributed by atoms with Crippen molar-refractivity contribution in [2.75, 3.05) is 6.54 Å². The van der Waals surface area contributed by atoms with Gasteiger partial charge in [0, 0.05) is 11.4 Å². The van der Waals surface area contributed by atoms with E-state index in [1.807, 2.05) is 0 Å². The maximum Gasteiger partial charge on any atom is 0.250 e. The van der Waals surface area contributed by atoms with E-state index < -0.39 is 10.0 Å². The summed E-state index contributed by atoms with van der Waals surface area (Å²) in [6.07, 6.45) is 1.95. The standard InChI is InChI=1S/C10H15BrClNO2S2/c1-3-4-8(11)6-13-17(14,15)9-5-7(2)10(12)16-9/h5,8,13H,3-4,6H2,1-2H3. The second-order valence-electron chi connectivity index (χ2n) is 3.76. The highest BCUT2D eigenvalue weighted by Gasteiger charge is 2.19. The number of rotatable bonds is 6. The first-order valence-corrected chi connectivity index (χ1v) is 8.85. The van der Waals surface area contributed by atoms with Crippen LogP contribution in [0.15, 0.2) is 10.3 Å². The summed E-state index contributed by atoms with van der Waals surface area (Å²) >= 11 is 10.4. The summed E-state index contributed by atoms with van der Waals surface area (Å²) in [6.45, 7) is 4.25. The van der Waals surface area contributed by atoms with Crippen LogP contribution >= 0.6 is 38.9 Å². The molecule has 0 amide bonds. The molecule has 1 aromatic rings. The van der Waals surface area contributed by atoms with Crippen LogP contribution in [-0.2, 0) is 10.0 Å². The second-order valence-corrected chi connectivity index (χ2v) is 8.70. The van der Waals surface area contributed by atoms with Crippen LogP contribution in [0, 0.1) is 6.92 Å². The first-order chi connectivity index (χ1) is 7.86. The normalized spacial score (nSPS) is 13.9. The van der Waals surface area contributed by atoms with Crippen LogP contribution in [0.1, 0.15) is 25.3 Å². The topological polar surface area (TPSA) is 46.2 Å². The summed E-state index contributed by atoms with van der Waals surface area (Å²) in [7, 11) is -3.42. The minimum Gasteiger partial charge on any atom is -0.209 e. The van der Waals surface area contributed by atoms with Crippen molar-refractivity contribution in [1.29, 1.82) is 0 Å². The van der Waals surface area contributed by atoms with Crippen LogP contribution in [0.5, 0.6) is 0 Å². The number of aryl methyl sites for hydroxylation is 1. The average Bonchev–Trinajstić information content (AvgIpc) is 2.58. The Morgan fingerprint density at radius 1 is 1.59 bits per heavy atom. The molecule has 0 radical (unpaired) electrons. The SMILES string of the molecule is CCCC(Br)CNS(=O)(=O)c1cc(C)c(Cl)s1. The highest BCUT2D eigenvalue weighted by atomic mass is 79.9. The molecule has 0 bridgehead atoms. The first-order valence-electron chi connectivity index (χ1n) is 5.26. The Morgan fingerprint density at radius 2 is 2.24 bits per heavy atom. The summed E-state index contributed by atoms with van der Waals surface area (Å²) < 4.78 is 27.2. The third-order valence-corrected chi connectivity index (χ3v) is 6.43. The molecule has 0 aliphatic carbocycles. The number of halogens is 2. The van der Waals surface area contributed by atoms with Crippen LogP contribution in [-0.4, -0.2) is 19.8 Å². The van der Waals surface area contributed by atoms with Crippen LogP contribution in [0.4, 0.5) is 0 Å². The highest BCUT2D eigenvalue weighted by molar-refractivity contribution is 9.09. The number of hydrogen-bond acceptors (Lipinski definition) is 3. The Bertz CT molecular complexity index is 453. The van der Waals surface area contributed by atoms with Crippen molar-refractivity contribution in [3.8, 4) is 0 Å². The van der Waals surface area contributed by atoms with E-state index >= 15 is 0 Å². The summed E-state index contributed by atoms with van der Waals surface area (Å²) in [6, 6.07) is 1.60. The number of nitrogens with one attached hydrogen (secondary N) is 1. The third-order valence-electron chi connectivity index (χ3n) is 2.20. The van der Waals surface area contributed by atoms with Crippen LogP contribution < -0.4 is 4.72 Å². The molecule has 3 nitrogen and oxygen atoms in total. The molecular weight excluding hydrogens is 346 g/mol. The molecule has 1 aromatic heterocycles. The van der Waals surface area contributed by atoms with Crippen LogP contribution in [0.2, 0.25) is 4.34 Å². The van der Waals surface area contributed by atoms with Crippen LogP contribution in [0.3, 0.4) is 0 Å². The lowest BCUT2D eigenvalue weighted by Crippen LogP contribution is -2.29. The fourth-order valence-corrected chi connectivity index (χ4v) is 4.92. The molecule has 98 valence electrons. The van der Waals surface area contributed by atoms with Gasteiger partial charge in [0.2, 0.25) is 10.0 Å². The van der Waals surface area contributed by atoms with Crippen molar-refractivity contribution >= 4 is 48.9 Å². The molecule has 0 aliphatic heterocycles. The van der Waals surface area contributed by atoms with Crippen molar-refractivity contribution in [2.24, 2.45) is 0 Å². The molecular formula is C10H15BrClNO2S2. The van der Waals surface area contributed by atoms with Crippen molar-refractivity contribution in [1.82, 2.24) is 4.72 Å². The molecule has 1 N–H and O–H groups in total. The fourth-order valence-electron chi connectivity index (χ4n) is 1.25. The molecule has 1 rings (SSSR count). The smallest absolute Gasteiger partial charge is 0.209 e. The molecule has 0 fully saturated rings. The van der Waals surface area contributed by atoms with Gasteiger partial charge in [0.1, 0.15) is 4.21 Å². The van der Waals surface area contributed by atoms with Gasteiger partial charge >= 0.3 is 0 Å². The average molecular weight is 361 g/mol. The molecule has 0 aromatic carbocycles. The van der Waals surface area contributed by atoms with E-state index in [4.69, 9.17) is 11.6 Å². The highest BCUT2D eigenvalue weighted by Crippen LogP contribution is 2.29. The van der Waals surface area contributed by atoms with E-state index in [-0.39, 0.29) is 9.04 Å². The largest absolute Gasteiger partial charge is 0.250 e. The number of hydrogen-bond donors (Lipinski definition) is 1. The van der Waals surface area contributed by atoms with Crippen molar-refractivity contribution in [2.45, 2.75) is 35.7 Å². The predicted molar refractivity (Wildman–Crippen MR) is 76.9 cm³/mol. The lowest BCUT2D eigenvalue weighted by Gasteiger charge is -2.09. The Morgan fingerprint density at radius 3 is 2.71 bits per heavy atom.